The lowest BCUT2D eigenvalue weighted by atomic mass is 9.89. The Morgan fingerprint density at radius 1 is 1.35 bits per heavy atom. The van der Waals surface area contributed by atoms with Crippen LogP contribution in [-0.2, 0) is 17.6 Å². The molecule has 2 heterocycles. The van der Waals surface area contributed by atoms with Gasteiger partial charge in [0.25, 0.3) is 0 Å². The van der Waals surface area contributed by atoms with E-state index in [4.69, 9.17) is 0 Å². The smallest absolute Gasteiger partial charge is 0.321 e. The number of imide groups is 1. The van der Waals surface area contributed by atoms with Crippen LogP contribution in [0.25, 0.3) is 10.2 Å². The first-order chi connectivity index (χ1) is 12.2. The normalized spacial score (nSPS) is 17.0. The first kappa shape index (κ1) is 19.1. The van der Waals surface area contributed by atoms with Crippen molar-refractivity contribution in [3.63, 3.8) is 0 Å². The maximum Gasteiger partial charge on any atom is 0.321 e. The number of carbonyl (C=O) groups excluding carboxylic acids is 2. The fraction of sp³-hybridized carbons (Fsp3) is 0.556. The summed E-state index contributed by atoms with van der Waals surface area (Å²) < 4.78 is 0. The number of nitrogens with one attached hydrogen (secondary N) is 2. The molecule has 3 amide bonds. The number of aryl methyl sites for hydroxylation is 1. The standard InChI is InChI=1S/C18H24N4O2S2/c1-10-5-6-11-12(7-10)26-16-14(11)15(19-9-20-16)25-8-13(23)21-17(24)22-18(2,3)4/h9-10H,5-8H2,1-4H3,(H2,21,22,23,24)/t10-/m1/s1. The molecule has 0 unspecified atom stereocenters. The lowest BCUT2D eigenvalue weighted by Gasteiger charge is -2.20. The van der Waals surface area contributed by atoms with E-state index in [-0.39, 0.29) is 17.2 Å². The minimum atomic E-state index is -0.474. The van der Waals surface area contributed by atoms with Crippen LogP contribution in [0.5, 0.6) is 0 Å². The predicted molar refractivity (Wildman–Crippen MR) is 106 cm³/mol. The van der Waals surface area contributed by atoms with Crippen LogP contribution in [0.1, 0.15) is 44.6 Å². The van der Waals surface area contributed by atoms with Gasteiger partial charge in [0.1, 0.15) is 16.2 Å². The van der Waals surface area contributed by atoms with Gasteiger partial charge >= 0.3 is 6.03 Å². The zero-order valence-corrected chi connectivity index (χ0v) is 17.1. The SMILES string of the molecule is C[C@@H]1CCc2c(sc3ncnc(SCC(=O)NC(=O)NC(C)(C)C)c23)C1. The maximum atomic E-state index is 12.1. The van der Waals surface area contributed by atoms with E-state index in [0.29, 0.717) is 5.92 Å². The second kappa shape index (κ2) is 7.52. The van der Waals surface area contributed by atoms with Crippen molar-refractivity contribution in [1.82, 2.24) is 20.6 Å². The van der Waals surface area contributed by atoms with Gasteiger partial charge in [-0.25, -0.2) is 14.8 Å². The molecule has 0 spiro atoms. The molecule has 0 aliphatic heterocycles. The van der Waals surface area contributed by atoms with Gasteiger partial charge in [0.15, 0.2) is 0 Å². The number of thioether (sulfide) groups is 1. The van der Waals surface area contributed by atoms with Crippen molar-refractivity contribution in [2.24, 2.45) is 5.92 Å². The Labute approximate surface area is 161 Å². The first-order valence-electron chi connectivity index (χ1n) is 8.73. The molecule has 1 atom stereocenters. The van der Waals surface area contributed by atoms with Gasteiger partial charge < -0.3 is 5.32 Å². The summed E-state index contributed by atoms with van der Waals surface area (Å²) in [5.41, 5.74) is 0.959. The second-order valence-electron chi connectivity index (χ2n) is 7.75. The second-order valence-corrected chi connectivity index (χ2v) is 9.80. The number of fused-ring (bicyclic) bond motifs is 3. The number of rotatable bonds is 3. The number of carbonyl (C=O) groups is 2. The molecule has 140 valence electrons. The number of urea groups is 1. The molecule has 0 bridgehead atoms. The highest BCUT2D eigenvalue weighted by Crippen LogP contribution is 2.40. The van der Waals surface area contributed by atoms with E-state index in [2.05, 4.69) is 27.5 Å². The third kappa shape index (κ3) is 4.54. The van der Waals surface area contributed by atoms with Gasteiger partial charge in [-0.3, -0.25) is 10.1 Å². The number of amides is 3. The lowest BCUT2D eigenvalue weighted by Crippen LogP contribution is -2.48. The number of hydrogen-bond donors (Lipinski definition) is 2. The van der Waals surface area contributed by atoms with Crippen molar-refractivity contribution >= 4 is 45.3 Å². The molecular weight excluding hydrogens is 368 g/mol. The molecule has 8 heteroatoms. The summed E-state index contributed by atoms with van der Waals surface area (Å²) in [6.45, 7) is 7.87. The summed E-state index contributed by atoms with van der Waals surface area (Å²) in [5, 5.41) is 7.00. The van der Waals surface area contributed by atoms with Crippen LogP contribution in [0, 0.1) is 5.92 Å². The van der Waals surface area contributed by atoms with Crippen molar-refractivity contribution in [3.05, 3.63) is 16.8 Å². The summed E-state index contributed by atoms with van der Waals surface area (Å²) in [6.07, 6.45) is 4.86. The fourth-order valence-corrected chi connectivity index (χ4v) is 5.26. The van der Waals surface area contributed by atoms with Crippen LogP contribution >= 0.6 is 23.1 Å². The Morgan fingerprint density at radius 3 is 2.85 bits per heavy atom. The lowest BCUT2D eigenvalue weighted by molar-refractivity contribution is -0.117. The molecule has 0 aromatic carbocycles. The number of hydrogen-bond acceptors (Lipinski definition) is 6. The van der Waals surface area contributed by atoms with Crippen LogP contribution in [0.4, 0.5) is 4.79 Å². The first-order valence-corrected chi connectivity index (χ1v) is 10.5. The van der Waals surface area contributed by atoms with Crippen molar-refractivity contribution in [2.75, 3.05) is 5.75 Å². The quantitative estimate of drug-likeness (QED) is 0.617. The van der Waals surface area contributed by atoms with E-state index >= 15 is 0 Å². The van der Waals surface area contributed by atoms with E-state index in [1.54, 1.807) is 17.7 Å². The largest absolute Gasteiger partial charge is 0.333 e. The molecule has 2 aromatic heterocycles. The molecule has 1 aliphatic carbocycles. The molecule has 26 heavy (non-hydrogen) atoms. The highest BCUT2D eigenvalue weighted by Gasteiger charge is 2.23. The van der Waals surface area contributed by atoms with Crippen LogP contribution < -0.4 is 10.6 Å². The summed E-state index contributed by atoms with van der Waals surface area (Å²) in [5.74, 6) is 0.512. The molecular formula is C18H24N4O2S2. The van der Waals surface area contributed by atoms with Gasteiger partial charge in [-0.15, -0.1) is 11.3 Å². The summed E-state index contributed by atoms with van der Waals surface area (Å²) in [4.78, 5) is 35.1. The van der Waals surface area contributed by atoms with Crippen LogP contribution in [0.3, 0.4) is 0 Å². The van der Waals surface area contributed by atoms with Crippen molar-refractivity contribution in [1.29, 1.82) is 0 Å². The third-order valence-corrected chi connectivity index (χ3v) is 6.29. The summed E-state index contributed by atoms with van der Waals surface area (Å²) in [6, 6.07) is -0.474. The minimum absolute atomic E-state index is 0.144. The molecule has 0 fully saturated rings. The molecule has 6 nitrogen and oxygen atoms in total. The Morgan fingerprint density at radius 2 is 2.12 bits per heavy atom. The van der Waals surface area contributed by atoms with Crippen LogP contribution in [0.2, 0.25) is 0 Å². The Hall–Kier alpha value is -1.67. The highest BCUT2D eigenvalue weighted by atomic mass is 32.2. The number of thiophene rings is 1. The molecule has 3 rings (SSSR count). The Kier molecular flexibility index (Phi) is 5.53. The Balaban J connectivity index is 1.70. The van der Waals surface area contributed by atoms with Gasteiger partial charge in [0.05, 0.1) is 5.75 Å². The highest BCUT2D eigenvalue weighted by molar-refractivity contribution is 8.00. The monoisotopic (exact) mass is 392 g/mol. The van der Waals surface area contributed by atoms with Crippen molar-refractivity contribution in [2.45, 2.75) is 57.5 Å². The molecule has 2 aromatic rings. The van der Waals surface area contributed by atoms with Gasteiger partial charge in [-0.1, -0.05) is 18.7 Å². The van der Waals surface area contributed by atoms with E-state index in [0.717, 1.165) is 28.1 Å². The van der Waals surface area contributed by atoms with Crippen molar-refractivity contribution in [3.8, 4) is 0 Å². The van der Waals surface area contributed by atoms with Crippen molar-refractivity contribution < 1.29 is 9.59 Å². The summed E-state index contributed by atoms with van der Waals surface area (Å²) >= 11 is 3.10. The van der Waals surface area contributed by atoms with Crippen LogP contribution in [-0.4, -0.2) is 33.2 Å². The molecule has 0 saturated carbocycles. The average Bonchev–Trinajstić information content (AvgIpc) is 2.88. The molecule has 2 N–H and O–H groups in total. The zero-order chi connectivity index (χ0) is 18.9. The van der Waals surface area contributed by atoms with E-state index in [9.17, 15) is 9.59 Å². The van der Waals surface area contributed by atoms with Gasteiger partial charge in [0.2, 0.25) is 5.91 Å². The number of nitrogens with zero attached hydrogens (tertiary/aromatic N) is 2. The molecule has 1 aliphatic rings. The van der Waals surface area contributed by atoms with E-state index < -0.39 is 6.03 Å². The molecule has 0 saturated heterocycles. The van der Waals surface area contributed by atoms with Gasteiger partial charge in [-0.05, 0) is 51.5 Å². The average molecular weight is 393 g/mol. The van der Waals surface area contributed by atoms with E-state index in [1.807, 2.05) is 20.8 Å². The van der Waals surface area contributed by atoms with Gasteiger partial charge in [-0.2, -0.15) is 0 Å². The maximum absolute atomic E-state index is 12.1. The van der Waals surface area contributed by atoms with Crippen LogP contribution in [0.15, 0.2) is 11.4 Å². The Bertz CT molecular complexity index is 842. The minimum Gasteiger partial charge on any atom is -0.333 e. The fourth-order valence-electron chi connectivity index (χ4n) is 3.02. The topological polar surface area (TPSA) is 84.0 Å². The van der Waals surface area contributed by atoms with Gasteiger partial charge in [0, 0.05) is 15.8 Å². The molecule has 0 radical (unpaired) electrons. The zero-order valence-electron chi connectivity index (χ0n) is 15.5. The predicted octanol–water partition coefficient (Wildman–Crippen LogP) is 3.53. The summed E-state index contributed by atoms with van der Waals surface area (Å²) in [7, 11) is 0. The number of aromatic nitrogens is 2. The van der Waals surface area contributed by atoms with E-state index in [1.165, 1.54) is 28.6 Å². The third-order valence-electron chi connectivity index (χ3n) is 4.14.